The van der Waals surface area contributed by atoms with Gasteiger partial charge in [0.25, 0.3) is 5.91 Å². The number of likely N-dealkylation sites (tertiary alicyclic amines) is 1. The monoisotopic (exact) mass is 653 g/mol. The average molecular weight is 654 g/mol. The highest BCUT2D eigenvalue weighted by Crippen LogP contribution is 2.21. The molecule has 3 aliphatic rings. The zero-order valence-corrected chi connectivity index (χ0v) is 26.2. The normalized spacial score (nSPS) is 21.0. The summed E-state index contributed by atoms with van der Waals surface area (Å²) in [5.41, 5.74) is 1.19. The molecule has 0 unspecified atom stereocenters. The van der Waals surface area contributed by atoms with E-state index < -0.39 is 29.8 Å². The van der Waals surface area contributed by atoms with Crippen LogP contribution in [0.3, 0.4) is 0 Å². The van der Waals surface area contributed by atoms with Crippen LogP contribution in [0.4, 0.5) is 9.18 Å². The molecular weight excluding hydrogens is 613 g/mol. The molecule has 14 heteroatoms. The molecule has 0 radical (unpaired) electrons. The fourth-order valence-electron chi connectivity index (χ4n) is 5.92. The highest BCUT2D eigenvalue weighted by Gasteiger charge is 2.39. The summed E-state index contributed by atoms with van der Waals surface area (Å²) in [7, 11) is 0. The Morgan fingerprint density at radius 2 is 1.55 bits per heavy atom. The van der Waals surface area contributed by atoms with Crippen molar-refractivity contribution in [1.82, 2.24) is 24.9 Å². The molecule has 3 saturated heterocycles. The number of rotatable bonds is 4. The van der Waals surface area contributed by atoms with Gasteiger partial charge in [-0.2, -0.15) is 0 Å². The molecular formula is C33H40FN5O8. The second-order valence-corrected chi connectivity index (χ2v) is 11.6. The predicted molar refractivity (Wildman–Crippen MR) is 165 cm³/mol. The number of halogens is 1. The van der Waals surface area contributed by atoms with Gasteiger partial charge in [-0.05, 0) is 42.7 Å². The third-order valence-corrected chi connectivity index (χ3v) is 8.52. The maximum Gasteiger partial charge on any atom is 0.410 e. The fourth-order valence-corrected chi connectivity index (χ4v) is 5.92. The Balaban J connectivity index is 1.27. The first-order valence-corrected chi connectivity index (χ1v) is 15.8. The molecule has 47 heavy (non-hydrogen) atoms. The predicted octanol–water partition coefficient (Wildman–Crippen LogP) is 1.27. The Morgan fingerprint density at radius 3 is 2.30 bits per heavy atom. The van der Waals surface area contributed by atoms with Crippen molar-refractivity contribution in [3.05, 3.63) is 71.5 Å². The smallest absolute Gasteiger partial charge is 0.410 e. The van der Waals surface area contributed by atoms with E-state index in [1.165, 1.54) is 39.0 Å². The fraction of sp³-hybridized carbons (Fsp3) is 0.485. The summed E-state index contributed by atoms with van der Waals surface area (Å²) in [6.45, 7) is 1.08. The zero-order valence-electron chi connectivity index (χ0n) is 26.2. The van der Waals surface area contributed by atoms with Gasteiger partial charge in [0.15, 0.2) is 0 Å². The maximum absolute atomic E-state index is 13.9. The third kappa shape index (κ3) is 9.04. The van der Waals surface area contributed by atoms with Gasteiger partial charge in [0.05, 0.1) is 26.4 Å². The Morgan fingerprint density at radius 1 is 0.830 bits per heavy atom. The van der Waals surface area contributed by atoms with Crippen molar-refractivity contribution in [2.75, 3.05) is 72.2 Å². The van der Waals surface area contributed by atoms with Crippen LogP contribution in [0.5, 0.6) is 0 Å². The number of carbonyl (C=O) groups excluding carboxylic acids is 5. The third-order valence-electron chi connectivity index (χ3n) is 8.52. The van der Waals surface area contributed by atoms with Gasteiger partial charge in [-0.1, -0.05) is 30.3 Å². The second kappa shape index (κ2) is 16.3. The van der Waals surface area contributed by atoms with E-state index >= 15 is 0 Å². The van der Waals surface area contributed by atoms with Gasteiger partial charge in [-0.3, -0.25) is 19.2 Å². The SMILES string of the molecule is O=C1NCCOCCOCC(=O)N(C2CCN(C(=O)c3ccc(F)cc3)CC2)CC(=O)N2CCN(C(=O)OCc3ccccc3)C[C@@H]12. The highest BCUT2D eigenvalue weighted by molar-refractivity contribution is 5.94. The zero-order chi connectivity index (χ0) is 33.2. The van der Waals surface area contributed by atoms with Gasteiger partial charge in [-0.15, -0.1) is 0 Å². The van der Waals surface area contributed by atoms with E-state index in [0.717, 1.165) is 5.56 Å². The van der Waals surface area contributed by atoms with E-state index in [0.29, 0.717) is 31.5 Å². The molecule has 0 aromatic heterocycles. The number of hydrogen-bond donors (Lipinski definition) is 1. The van der Waals surface area contributed by atoms with Crippen molar-refractivity contribution in [2.24, 2.45) is 0 Å². The number of nitrogens with one attached hydrogen (secondary N) is 1. The standard InChI is InChI=1S/C33H40FN5O8/c34-26-8-6-25(7-9-26)32(43)36-13-10-27(11-14-36)39-21-29(40)38-16-15-37(33(44)47-22-24-4-2-1-3-5-24)20-28(38)31(42)35-12-17-45-18-19-46-23-30(39)41/h1-9,27-28H,10-23H2,(H,35,42)/t28-/m0/s1. The first-order valence-electron chi connectivity index (χ1n) is 15.8. The van der Waals surface area contributed by atoms with Crippen molar-refractivity contribution in [3.63, 3.8) is 0 Å². The molecule has 1 N–H and O–H groups in total. The van der Waals surface area contributed by atoms with E-state index in [2.05, 4.69) is 5.32 Å². The van der Waals surface area contributed by atoms with E-state index in [1.807, 2.05) is 30.3 Å². The number of carbonyl (C=O) groups is 5. The van der Waals surface area contributed by atoms with Crippen molar-refractivity contribution in [2.45, 2.75) is 31.5 Å². The molecule has 3 aliphatic heterocycles. The quantitative estimate of drug-likeness (QED) is 0.521. The lowest BCUT2D eigenvalue weighted by molar-refractivity contribution is -0.150. The van der Waals surface area contributed by atoms with Crippen LogP contribution in [0, 0.1) is 5.82 Å². The number of piperazine rings is 1. The Bertz CT molecular complexity index is 1400. The van der Waals surface area contributed by atoms with Crippen LogP contribution in [0.2, 0.25) is 0 Å². The molecule has 5 amide bonds. The number of ether oxygens (including phenoxy) is 3. The second-order valence-electron chi connectivity index (χ2n) is 11.6. The first kappa shape index (κ1) is 33.8. The molecule has 2 aromatic rings. The summed E-state index contributed by atoms with van der Waals surface area (Å²) in [5.74, 6) is -1.94. The lowest BCUT2D eigenvalue weighted by Gasteiger charge is -2.42. The van der Waals surface area contributed by atoms with E-state index in [-0.39, 0.29) is 83.6 Å². The molecule has 0 spiro atoms. The van der Waals surface area contributed by atoms with E-state index in [9.17, 15) is 28.4 Å². The molecule has 3 fully saturated rings. The minimum absolute atomic E-state index is 0.0665. The molecule has 5 rings (SSSR count). The minimum atomic E-state index is -1.01. The van der Waals surface area contributed by atoms with Gasteiger partial charge in [0.1, 0.15) is 31.6 Å². The number of benzene rings is 2. The van der Waals surface area contributed by atoms with E-state index in [4.69, 9.17) is 14.2 Å². The molecule has 1 atom stereocenters. The minimum Gasteiger partial charge on any atom is -0.445 e. The van der Waals surface area contributed by atoms with Crippen LogP contribution in [0.15, 0.2) is 54.6 Å². The van der Waals surface area contributed by atoms with Crippen LogP contribution >= 0.6 is 0 Å². The van der Waals surface area contributed by atoms with Crippen LogP contribution in [0.25, 0.3) is 0 Å². The molecule has 0 bridgehead atoms. The lowest BCUT2D eigenvalue weighted by atomic mass is 10.0. The topological polar surface area (TPSA) is 138 Å². The van der Waals surface area contributed by atoms with Crippen LogP contribution in [-0.4, -0.2) is 134 Å². The van der Waals surface area contributed by atoms with Gasteiger partial charge in [0.2, 0.25) is 17.7 Å². The molecule has 3 heterocycles. The Labute approximate surface area is 272 Å². The number of amides is 5. The molecule has 13 nitrogen and oxygen atoms in total. The van der Waals surface area contributed by atoms with Crippen molar-refractivity contribution < 1.29 is 42.6 Å². The summed E-state index contributed by atoms with van der Waals surface area (Å²) in [4.78, 5) is 72.5. The summed E-state index contributed by atoms with van der Waals surface area (Å²) in [6, 6.07) is 13.2. The first-order chi connectivity index (χ1) is 22.8. The van der Waals surface area contributed by atoms with Crippen molar-refractivity contribution in [3.8, 4) is 0 Å². The number of piperidine rings is 1. The summed E-state index contributed by atoms with van der Waals surface area (Å²) in [6.07, 6.45) is 0.240. The van der Waals surface area contributed by atoms with Gasteiger partial charge < -0.3 is 39.1 Å². The highest BCUT2D eigenvalue weighted by atomic mass is 19.1. The number of hydrogen-bond acceptors (Lipinski definition) is 8. The maximum atomic E-state index is 13.9. The molecule has 2 aromatic carbocycles. The number of nitrogens with zero attached hydrogens (tertiary/aromatic N) is 4. The lowest BCUT2D eigenvalue weighted by Crippen LogP contribution is -2.63. The van der Waals surface area contributed by atoms with Crippen molar-refractivity contribution >= 4 is 29.7 Å². The Kier molecular flexibility index (Phi) is 11.7. The average Bonchev–Trinajstić information content (AvgIpc) is 3.10. The largest absolute Gasteiger partial charge is 0.445 e. The molecule has 0 saturated carbocycles. The van der Waals surface area contributed by atoms with Gasteiger partial charge in [-0.25, -0.2) is 9.18 Å². The van der Waals surface area contributed by atoms with Gasteiger partial charge >= 0.3 is 6.09 Å². The Hall–Kier alpha value is -4.56. The summed E-state index contributed by atoms with van der Waals surface area (Å²) < 4.78 is 29.9. The summed E-state index contributed by atoms with van der Waals surface area (Å²) in [5, 5.41) is 2.79. The van der Waals surface area contributed by atoms with Crippen LogP contribution < -0.4 is 5.32 Å². The summed E-state index contributed by atoms with van der Waals surface area (Å²) >= 11 is 0. The van der Waals surface area contributed by atoms with Crippen LogP contribution in [-0.2, 0) is 35.2 Å². The van der Waals surface area contributed by atoms with Crippen molar-refractivity contribution in [1.29, 1.82) is 0 Å². The molecule has 0 aliphatic carbocycles. The van der Waals surface area contributed by atoms with Gasteiger partial charge in [0, 0.05) is 44.3 Å². The van der Waals surface area contributed by atoms with Crippen LogP contribution in [0.1, 0.15) is 28.8 Å². The molecule has 252 valence electrons. The number of fused-ring (bicyclic) bond motifs is 1. The van der Waals surface area contributed by atoms with E-state index in [1.54, 1.807) is 4.90 Å².